The number of carbonyl (C=O) groups excluding carboxylic acids is 1. The van der Waals surface area contributed by atoms with Crippen molar-refractivity contribution in [1.82, 2.24) is 10.2 Å². The van der Waals surface area contributed by atoms with Gasteiger partial charge in [-0.15, -0.1) is 0 Å². The maximum absolute atomic E-state index is 12.3. The van der Waals surface area contributed by atoms with Crippen LogP contribution in [0.2, 0.25) is 0 Å². The van der Waals surface area contributed by atoms with Crippen molar-refractivity contribution < 1.29 is 14.7 Å². The minimum atomic E-state index is -0.811. The number of para-hydroxylation sites is 1. The monoisotopic (exact) mass is 331 g/mol. The number of aliphatic carboxylic acids is 1. The zero-order chi connectivity index (χ0) is 17.1. The van der Waals surface area contributed by atoms with E-state index in [-0.39, 0.29) is 12.1 Å². The largest absolute Gasteiger partial charge is 0.481 e. The number of carbonyl (C=O) groups is 2. The molecule has 2 amide bonds. The molecule has 3 rings (SSSR count). The minimum absolute atomic E-state index is 0.153. The van der Waals surface area contributed by atoms with Crippen LogP contribution in [0.1, 0.15) is 25.3 Å². The first-order valence-corrected chi connectivity index (χ1v) is 8.66. The third-order valence-electron chi connectivity index (χ3n) is 5.06. The van der Waals surface area contributed by atoms with Gasteiger partial charge in [-0.3, -0.25) is 4.79 Å². The summed E-state index contributed by atoms with van der Waals surface area (Å²) in [6.07, 6.45) is 2.44. The van der Waals surface area contributed by atoms with Gasteiger partial charge in [0.05, 0.1) is 5.92 Å². The normalized spacial score (nSPS) is 21.3. The van der Waals surface area contributed by atoms with Gasteiger partial charge < -0.3 is 20.2 Å². The fraction of sp³-hybridized carbons (Fsp3) is 0.556. The molecule has 2 aliphatic heterocycles. The van der Waals surface area contributed by atoms with Crippen molar-refractivity contribution in [3.63, 3.8) is 0 Å². The van der Waals surface area contributed by atoms with E-state index in [0.717, 1.165) is 19.4 Å². The Morgan fingerprint density at radius 1 is 1.33 bits per heavy atom. The van der Waals surface area contributed by atoms with E-state index >= 15 is 0 Å². The second-order valence-corrected chi connectivity index (χ2v) is 6.73. The number of anilines is 1. The summed E-state index contributed by atoms with van der Waals surface area (Å²) in [7, 11) is 0. The number of likely N-dealkylation sites (tertiary alicyclic amines) is 1. The number of nitrogens with one attached hydrogen (secondary N) is 1. The minimum Gasteiger partial charge on any atom is -0.481 e. The van der Waals surface area contributed by atoms with Crippen LogP contribution in [0.4, 0.5) is 10.5 Å². The lowest BCUT2D eigenvalue weighted by molar-refractivity contribution is -0.143. The number of fused-ring (bicyclic) bond motifs is 1. The lowest BCUT2D eigenvalue weighted by Gasteiger charge is -2.32. The number of nitrogens with zero attached hydrogens (tertiary/aromatic N) is 2. The summed E-state index contributed by atoms with van der Waals surface area (Å²) in [4.78, 5) is 27.4. The molecule has 1 fully saturated rings. The average Bonchev–Trinajstić information content (AvgIpc) is 3.03. The van der Waals surface area contributed by atoms with Crippen LogP contribution in [-0.4, -0.2) is 54.2 Å². The van der Waals surface area contributed by atoms with Gasteiger partial charge in [-0.25, -0.2) is 4.79 Å². The Labute approximate surface area is 142 Å². The predicted molar refractivity (Wildman–Crippen MR) is 92.3 cm³/mol. The van der Waals surface area contributed by atoms with E-state index in [2.05, 4.69) is 35.3 Å². The molecule has 1 saturated heterocycles. The van der Waals surface area contributed by atoms with E-state index in [9.17, 15) is 9.59 Å². The van der Waals surface area contributed by atoms with Crippen molar-refractivity contribution in [2.75, 3.05) is 31.1 Å². The molecule has 0 radical (unpaired) electrons. The quantitative estimate of drug-likeness (QED) is 0.884. The Hall–Kier alpha value is -2.24. The number of benzene rings is 1. The Balaban J connectivity index is 1.52. The summed E-state index contributed by atoms with van der Waals surface area (Å²) >= 11 is 0. The van der Waals surface area contributed by atoms with Crippen LogP contribution in [-0.2, 0) is 11.2 Å². The summed E-state index contributed by atoms with van der Waals surface area (Å²) in [6.45, 7) is 4.58. The fourth-order valence-corrected chi connectivity index (χ4v) is 3.64. The maximum Gasteiger partial charge on any atom is 0.317 e. The summed E-state index contributed by atoms with van der Waals surface area (Å²) in [6, 6.07) is 8.44. The smallest absolute Gasteiger partial charge is 0.317 e. The Kier molecular flexibility index (Phi) is 4.92. The standard InChI is InChI=1S/C18H25N3O3/c1-13(21-10-8-14-5-2-3-7-16(14)21)11-19-18(24)20-9-4-6-15(12-20)17(22)23/h2-3,5,7,13,15H,4,6,8-12H2,1H3,(H,19,24)(H,22,23). The van der Waals surface area contributed by atoms with E-state index in [1.807, 2.05) is 6.07 Å². The molecule has 2 heterocycles. The molecule has 0 bridgehead atoms. The van der Waals surface area contributed by atoms with Crippen molar-refractivity contribution in [2.24, 2.45) is 5.92 Å². The van der Waals surface area contributed by atoms with Gasteiger partial charge in [0.1, 0.15) is 0 Å². The Morgan fingerprint density at radius 2 is 2.12 bits per heavy atom. The molecule has 2 aliphatic rings. The lowest BCUT2D eigenvalue weighted by Crippen LogP contribution is -2.50. The molecule has 1 aromatic rings. The van der Waals surface area contributed by atoms with Gasteiger partial charge in [0.15, 0.2) is 0 Å². The fourth-order valence-electron chi connectivity index (χ4n) is 3.64. The van der Waals surface area contributed by atoms with Gasteiger partial charge in [-0.1, -0.05) is 18.2 Å². The van der Waals surface area contributed by atoms with E-state index in [4.69, 9.17) is 5.11 Å². The highest BCUT2D eigenvalue weighted by molar-refractivity contribution is 5.76. The molecule has 2 unspecified atom stereocenters. The van der Waals surface area contributed by atoms with Crippen molar-refractivity contribution in [1.29, 1.82) is 0 Å². The Bertz CT molecular complexity index is 619. The number of carboxylic acid groups (broad SMARTS) is 1. The molecule has 6 heteroatoms. The lowest BCUT2D eigenvalue weighted by atomic mass is 9.99. The van der Waals surface area contributed by atoms with Gasteiger partial charge in [0, 0.05) is 37.9 Å². The number of piperidine rings is 1. The van der Waals surface area contributed by atoms with Gasteiger partial charge >= 0.3 is 12.0 Å². The van der Waals surface area contributed by atoms with Gasteiger partial charge in [0.25, 0.3) is 0 Å². The molecule has 2 atom stereocenters. The molecule has 130 valence electrons. The van der Waals surface area contributed by atoms with Crippen LogP contribution < -0.4 is 10.2 Å². The summed E-state index contributed by atoms with van der Waals surface area (Å²) in [5.74, 6) is -1.25. The second-order valence-electron chi connectivity index (χ2n) is 6.73. The summed E-state index contributed by atoms with van der Waals surface area (Å²) < 4.78 is 0. The molecule has 6 nitrogen and oxygen atoms in total. The van der Waals surface area contributed by atoms with E-state index < -0.39 is 11.9 Å². The van der Waals surface area contributed by atoms with Crippen molar-refractivity contribution >= 4 is 17.7 Å². The topological polar surface area (TPSA) is 72.9 Å². The van der Waals surface area contributed by atoms with E-state index in [1.165, 1.54) is 11.3 Å². The number of amides is 2. The molecule has 0 spiro atoms. The number of urea groups is 1. The van der Waals surface area contributed by atoms with Crippen LogP contribution in [0, 0.1) is 5.92 Å². The van der Waals surface area contributed by atoms with Crippen LogP contribution in [0.5, 0.6) is 0 Å². The zero-order valence-corrected chi connectivity index (χ0v) is 14.1. The van der Waals surface area contributed by atoms with Crippen LogP contribution in [0.15, 0.2) is 24.3 Å². The molecule has 1 aromatic carbocycles. The summed E-state index contributed by atoms with van der Waals surface area (Å²) in [5.41, 5.74) is 2.61. The van der Waals surface area contributed by atoms with Gasteiger partial charge in [0.2, 0.25) is 0 Å². The molecule has 24 heavy (non-hydrogen) atoms. The highest BCUT2D eigenvalue weighted by Crippen LogP contribution is 2.28. The molecule has 0 saturated carbocycles. The zero-order valence-electron chi connectivity index (χ0n) is 14.1. The van der Waals surface area contributed by atoms with Crippen molar-refractivity contribution in [3.05, 3.63) is 29.8 Å². The predicted octanol–water partition coefficient (Wildman–Crippen LogP) is 1.94. The molecule has 0 aromatic heterocycles. The highest BCUT2D eigenvalue weighted by atomic mass is 16.4. The van der Waals surface area contributed by atoms with Crippen LogP contribution in [0.3, 0.4) is 0 Å². The number of hydrogen-bond donors (Lipinski definition) is 2. The van der Waals surface area contributed by atoms with Gasteiger partial charge in [-0.05, 0) is 37.8 Å². The SMILES string of the molecule is CC(CNC(=O)N1CCCC(C(=O)O)C1)N1CCc2ccccc21. The van der Waals surface area contributed by atoms with Gasteiger partial charge in [-0.2, -0.15) is 0 Å². The maximum atomic E-state index is 12.3. The first-order chi connectivity index (χ1) is 11.6. The Morgan fingerprint density at radius 3 is 2.92 bits per heavy atom. The second kappa shape index (κ2) is 7.11. The van der Waals surface area contributed by atoms with Crippen molar-refractivity contribution in [2.45, 2.75) is 32.2 Å². The molecule has 2 N–H and O–H groups in total. The average molecular weight is 331 g/mol. The third-order valence-corrected chi connectivity index (χ3v) is 5.06. The molecule has 0 aliphatic carbocycles. The molecular formula is C18H25N3O3. The highest BCUT2D eigenvalue weighted by Gasteiger charge is 2.29. The third kappa shape index (κ3) is 3.47. The van der Waals surface area contributed by atoms with E-state index in [0.29, 0.717) is 26.1 Å². The first kappa shape index (κ1) is 16.6. The first-order valence-electron chi connectivity index (χ1n) is 8.66. The number of carboxylic acids is 1. The van der Waals surface area contributed by atoms with Crippen LogP contribution >= 0.6 is 0 Å². The molecular weight excluding hydrogens is 306 g/mol. The summed E-state index contributed by atoms with van der Waals surface area (Å²) in [5, 5.41) is 12.1. The van der Waals surface area contributed by atoms with Crippen molar-refractivity contribution in [3.8, 4) is 0 Å². The number of hydrogen-bond acceptors (Lipinski definition) is 3. The number of rotatable bonds is 4. The van der Waals surface area contributed by atoms with Crippen LogP contribution in [0.25, 0.3) is 0 Å². The van der Waals surface area contributed by atoms with E-state index in [1.54, 1.807) is 4.90 Å².